The third-order valence-corrected chi connectivity index (χ3v) is 4.00. The summed E-state index contributed by atoms with van der Waals surface area (Å²) in [6, 6.07) is 7.75. The molecule has 1 aromatic carbocycles. The zero-order chi connectivity index (χ0) is 13.8. The van der Waals surface area contributed by atoms with Gasteiger partial charge in [-0.2, -0.15) is 0 Å². The molecule has 1 fully saturated rings. The summed E-state index contributed by atoms with van der Waals surface area (Å²) in [5, 5.41) is 11.8. The molecule has 19 heavy (non-hydrogen) atoms. The van der Waals surface area contributed by atoms with E-state index in [0.717, 1.165) is 10.0 Å². The number of aliphatic carboxylic acids is 1. The van der Waals surface area contributed by atoms with Gasteiger partial charge in [-0.15, -0.1) is 0 Å². The van der Waals surface area contributed by atoms with Crippen molar-refractivity contribution in [3.05, 3.63) is 34.3 Å². The number of benzene rings is 1. The number of carboxylic acid groups (broad SMARTS) is 1. The second-order valence-electron chi connectivity index (χ2n) is 4.89. The smallest absolute Gasteiger partial charge is 0.306 e. The zero-order valence-corrected chi connectivity index (χ0v) is 12.0. The first-order chi connectivity index (χ1) is 9.06. The van der Waals surface area contributed by atoms with Crippen molar-refractivity contribution >= 4 is 27.8 Å². The highest BCUT2D eigenvalue weighted by Crippen LogP contribution is 2.31. The number of hydrogen-bond donors (Lipinski definition) is 2. The van der Waals surface area contributed by atoms with Crippen molar-refractivity contribution in [3.8, 4) is 0 Å². The monoisotopic (exact) mass is 325 g/mol. The van der Waals surface area contributed by atoms with Crippen LogP contribution >= 0.6 is 15.9 Å². The molecule has 0 saturated heterocycles. The van der Waals surface area contributed by atoms with Crippen molar-refractivity contribution in [2.75, 3.05) is 0 Å². The Kier molecular flexibility index (Phi) is 4.58. The van der Waals surface area contributed by atoms with E-state index in [-0.39, 0.29) is 17.7 Å². The highest BCUT2D eigenvalue weighted by atomic mass is 79.9. The van der Waals surface area contributed by atoms with Crippen LogP contribution in [0.15, 0.2) is 28.7 Å². The SMILES string of the molecule is O=C(O)[C@@H]1CC[C@H](C(=O)NCc2cccc(Br)c2)C1. The molecule has 0 aliphatic heterocycles. The first-order valence-corrected chi connectivity index (χ1v) is 7.10. The number of nitrogens with one attached hydrogen (secondary N) is 1. The molecule has 1 aliphatic carbocycles. The van der Waals surface area contributed by atoms with Gasteiger partial charge in [-0.25, -0.2) is 0 Å². The summed E-state index contributed by atoms with van der Waals surface area (Å²) >= 11 is 3.38. The van der Waals surface area contributed by atoms with Gasteiger partial charge in [-0.05, 0) is 37.0 Å². The minimum absolute atomic E-state index is 0.0382. The lowest BCUT2D eigenvalue weighted by Crippen LogP contribution is -2.29. The van der Waals surface area contributed by atoms with Crippen LogP contribution in [-0.2, 0) is 16.1 Å². The fourth-order valence-electron chi connectivity index (χ4n) is 2.42. The molecule has 2 atom stereocenters. The first-order valence-electron chi connectivity index (χ1n) is 6.31. The fraction of sp³-hybridized carbons (Fsp3) is 0.429. The largest absolute Gasteiger partial charge is 0.481 e. The summed E-state index contributed by atoms with van der Waals surface area (Å²) in [6.07, 6.45) is 1.73. The number of rotatable bonds is 4. The van der Waals surface area contributed by atoms with Gasteiger partial charge in [0.15, 0.2) is 0 Å². The van der Waals surface area contributed by atoms with Crippen molar-refractivity contribution in [2.24, 2.45) is 11.8 Å². The molecule has 1 aromatic rings. The minimum Gasteiger partial charge on any atom is -0.481 e. The van der Waals surface area contributed by atoms with Crippen molar-refractivity contribution in [1.82, 2.24) is 5.32 Å². The molecule has 5 heteroatoms. The van der Waals surface area contributed by atoms with Crippen LogP contribution in [0, 0.1) is 11.8 Å². The number of carboxylic acids is 1. The Balaban J connectivity index is 1.84. The third-order valence-electron chi connectivity index (χ3n) is 3.51. The number of hydrogen-bond acceptors (Lipinski definition) is 2. The van der Waals surface area contributed by atoms with Gasteiger partial charge in [-0.3, -0.25) is 9.59 Å². The number of carbonyl (C=O) groups is 2. The molecule has 0 heterocycles. The molecule has 4 nitrogen and oxygen atoms in total. The quantitative estimate of drug-likeness (QED) is 0.894. The normalized spacial score (nSPS) is 22.2. The zero-order valence-electron chi connectivity index (χ0n) is 10.4. The summed E-state index contributed by atoms with van der Waals surface area (Å²) in [7, 11) is 0. The molecule has 0 unspecified atom stereocenters. The number of amides is 1. The maximum Gasteiger partial charge on any atom is 0.306 e. The van der Waals surface area contributed by atoms with E-state index >= 15 is 0 Å². The van der Waals surface area contributed by atoms with Gasteiger partial charge in [0.25, 0.3) is 0 Å². The molecule has 2 N–H and O–H groups in total. The standard InChI is InChI=1S/C14H16BrNO3/c15-12-3-1-2-9(6-12)8-16-13(17)10-4-5-11(7-10)14(18)19/h1-3,6,10-11H,4-5,7-8H2,(H,16,17)(H,18,19)/t10-,11+/m0/s1. The van der Waals surface area contributed by atoms with Crippen LogP contribution in [0.4, 0.5) is 0 Å². The van der Waals surface area contributed by atoms with E-state index in [9.17, 15) is 9.59 Å². The summed E-state index contributed by atoms with van der Waals surface area (Å²) in [6.45, 7) is 0.479. The summed E-state index contributed by atoms with van der Waals surface area (Å²) < 4.78 is 0.978. The lowest BCUT2D eigenvalue weighted by molar-refractivity contribution is -0.141. The molecule has 1 aliphatic rings. The minimum atomic E-state index is -0.790. The molecule has 1 saturated carbocycles. The van der Waals surface area contributed by atoms with E-state index in [1.54, 1.807) is 0 Å². The molecule has 0 spiro atoms. The Morgan fingerprint density at radius 2 is 2.05 bits per heavy atom. The van der Waals surface area contributed by atoms with Gasteiger partial charge >= 0.3 is 5.97 Å². The maximum absolute atomic E-state index is 12.0. The van der Waals surface area contributed by atoms with Crippen LogP contribution in [0.2, 0.25) is 0 Å². The Labute approximate surface area is 120 Å². The van der Waals surface area contributed by atoms with Crippen LogP contribution < -0.4 is 5.32 Å². The Morgan fingerprint density at radius 1 is 1.32 bits per heavy atom. The van der Waals surface area contributed by atoms with Crippen LogP contribution in [0.1, 0.15) is 24.8 Å². The third kappa shape index (κ3) is 3.80. The molecule has 0 radical (unpaired) electrons. The number of halogens is 1. The van der Waals surface area contributed by atoms with Crippen molar-refractivity contribution in [2.45, 2.75) is 25.8 Å². The Bertz CT molecular complexity index is 489. The molecule has 1 amide bonds. The van der Waals surface area contributed by atoms with Gasteiger partial charge in [0.1, 0.15) is 0 Å². The van der Waals surface area contributed by atoms with E-state index < -0.39 is 5.97 Å². The van der Waals surface area contributed by atoms with Gasteiger partial charge in [0, 0.05) is 16.9 Å². The van der Waals surface area contributed by atoms with Gasteiger partial charge < -0.3 is 10.4 Å². The fourth-order valence-corrected chi connectivity index (χ4v) is 2.87. The highest BCUT2D eigenvalue weighted by molar-refractivity contribution is 9.10. The number of carbonyl (C=O) groups excluding carboxylic acids is 1. The van der Waals surface area contributed by atoms with Crippen LogP contribution in [0.3, 0.4) is 0 Å². The Morgan fingerprint density at radius 3 is 2.68 bits per heavy atom. The van der Waals surface area contributed by atoms with E-state index in [2.05, 4.69) is 21.2 Å². The van der Waals surface area contributed by atoms with E-state index in [0.29, 0.717) is 25.8 Å². The predicted octanol–water partition coefficient (Wildman–Crippen LogP) is 2.57. The van der Waals surface area contributed by atoms with Crippen LogP contribution in [-0.4, -0.2) is 17.0 Å². The molecule has 102 valence electrons. The molecule has 2 rings (SSSR count). The average molecular weight is 326 g/mol. The van der Waals surface area contributed by atoms with Crippen molar-refractivity contribution in [3.63, 3.8) is 0 Å². The van der Waals surface area contributed by atoms with Crippen molar-refractivity contribution < 1.29 is 14.7 Å². The average Bonchev–Trinajstić information content (AvgIpc) is 2.86. The predicted molar refractivity (Wildman–Crippen MR) is 74.5 cm³/mol. The van der Waals surface area contributed by atoms with Crippen molar-refractivity contribution in [1.29, 1.82) is 0 Å². The van der Waals surface area contributed by atoms with E-state index in [1.165, 1.54) is 0 Å². The van der Waals surface area contributed by atoms with Gasteiger partial charge in [0.05, 0.1) is 5.92 Å². The van der Waals surface area contributed by atoms with Gasteiger partial charge in [-0.1, -0.05) is 28.1 Å². The lowest BCUT2D eigenvalue weighted by atomic mass is 10.0. The van der Waals surface area contributed by atoms with Gasteiger partial charge in [0.2, 0.25) is 5.91 Å². The van der Waals surface area contributed by atoms with E-state index in [1.807, 2.05) is 24.3 Å². The Hall–Kier alpha value is -1.36. The molecule has 0 bridgehead atoms. The van der Waals surface area contributed by atoms with Crippen LogP contribution in [0.5, 0.6) is 0 Å². The first kappa shape index (κ1) is 14.1. The lowest BCUT2D eigenvalue weighted by Gasteiger charge is -2.11. The second kappa shape index (κ2) is 6.19. The van der Waals surface area contributed by atoms with E-state index in [4.69, 9.17) is 5.11 Å². The summed E-state index contributed by atoms with van der Waals surface area (Å²) in [4.78, 5) is 22.8. The summed E-state index contributed by atoms with van der Waals surface area (Å²) in [5.41, 5.74) is 1.02. The highest BCUT2D eigenvalue weighted by Gasteiger charge is 2.33. The molecular weight excluding hydrogens is 310 g/mol. The van der Waals surface area contributed by atoms with Crippen LogP contribution in [0.25, 0.3) is 0 Å². The summed E-state index contributed by atoms with van der Waals surface area (Å²) in [5.74, 6) is -1.35. The topological polar surface area (TPSA) is 66.4 Å². The maximum atomic E-state index is 12.0. The molecule has 0 aromatic heterocycles. The molecular formula is C14H16BrNO3. The second-order valence-corrected chi connectivity index (χ2v) is 5.81.